The Labute approximate surface area is 205 Å². The Balaban J connectivity index is 1.92. The van der Waals surface area contributed by atoms with Crippen LogP contribution in [-0.4, -0.2) is 33.9 Å². The Morgan fingerprint density at radius 2 is 1.24 bits per heavy atom. The van der Waals surface area contributed by atoms with Gasteiger partial charge >= 0.3 is 0 Å². The molecule has 4 heteroatoms. The third-order valence-corrected chi connectivity index (χ3v) is 10.3. The van der Waals surface area contributed by atoms with Crippen molar-refractivity contribution in [2.45, 2.75) is 49.8 Å². The highest BCUT2D eigenvalue weighted by Gasteiger charge is 2.37. The topological polar surface area (TPSA) is 18.5 Å². The monoisotopic (exact) mass is 478 g/mol. The van der Waals surface area contributed by atoms with Crippen LogP contribution >= 0.6 is 11.8 Å². The molecular formula is C29H38O2SSi. The number of hydrogen-bond donors (Lipinski definition) is 0. The number of rotatable bonds is 13. The fraction of sp³-hybridized carbons (Fsp3) is 0.379. The fourth-order valence-electron chi connectivity index (χ4n) is 4.16. The van der Waals surface area contributed by atoms with E-state index in [9.17, 15) is 0 Å². The maximum Gasteiger partial charge on any atom is 0.186 e. The standard InChI is InChI=1S/C29H38O2SSi/c1-5-6-22-33(3,4)31-23-28(30-2)24-32-29(25-16-10-7-11-17-25,26-18-12-8-13-19-26)27-20-14-9-15-21-27/h7-21,28H,5-6,22-24H2,1-4H3. The summed E-state index contributed by atoms with van der Waals surface area (Å²) in [6.07, 6.45) is 2.50. The van der Waals surface area contributed by atoms with E-state index < -0.39 is 8.32 Å². The van der Waals surface area contributed by atoms with Crippen molar-refractivity contribution in [2.75, 3.05) is 19.5 Å². The molecular weight excluding hydrogens is 440 g/mol. The molecule has 0 spiro atoms. The van der Waals surface area contributed by atoms with E-state index in [2.05, 4.69) is 111 Å². The van der Waals surface area contributed by atoms with Gasteiger partial charge in [0.25, 0.3) is 0 Å². The van der Waals surface area contributed by atoms with E-state index in [4.69, 9.17) is 9.16 Å². The van der Waals surface area contributed by atoms with Crippen molar-refractivity contribution in [3.8, 4) is 0 Å². The van der Waals surface area contributed by atoms with Crippen LogP contribution in [0.15, 0.2) is 91.0 Å². The van der Waals surface area contributed by atoms with Gasteiger partial charge in [0.15, 0.2) is 8.32 Å². The molecule has 0 fully saturated rings. The number of benzene rings is 3. The van der Waals surface area contributed by atoms with Crippen LogP contribution in [0.3, 0.4) is 0 Å². The zero-order chi connectivity index (χ0) is 23.6. The Morgan fingerprint density at radius 1 is 0.788 bits per heavy atom. The van der Waals surface area contributed by atoms with Gasteiger partial charge in [-0.2, -0.15) is 0 Å². The van der Waals surface area contributed by atoms with E-state index in [0.717, 1.165) is 5.75 Å². The molecule has 33 heavy (non-hydrogen) atoms. The Kier molecular flexibility index (Phi) is 9.81. The van der Waals surface area contributed by atoms with E-state index in [-0.39, 0.29) is 10.9 Å². The third kappa shape index (κ3) is 6.83. The number of hydrogen-bond acceptors (Lipinski definition) is 3. The van der Waals surface area contributed by atoms with E-state index in [1.165, 1.54) is 35.6 Å². The minimum Gasteiger partial charge on any atom is -0.415 e. The van der Waals surface area contributed by atoms with Crippen molar-refractivity contribution in [1.82, 2.24) is 0 Å². The first-order valence-corrected chi connectivity index (χ1v) is 16.1. The van der Waals surface area contributed by atoms with E-state index >= 15 is 0 Å². The average molecular weight is 479 g/mol. The average Bonchev–Trinajstić information content (AvgIpc) is 2.87. The second-order valence-corrected chi connectivity index (χ2v) is 14.7. The molecule has 0 radical (unpaired) electrons. The normalized spacial score (nSPS) is 13.1. The molecule has 0 aliphatic heterocycles. The molecule has 0 aliphatic rings. The van der Waals surface area contributed by atoms with E-state index in [1.54, 1.807) is 0 Å². The fourth-order valence-corrected chi connectivity index (χ4v) is 7.73. The number of methoxy groups -OCH3 is 1. The summed E-state index contributed by atoms with van der Waals surface area (Å²) in [6.45, 7) is 7.55. The SMILES string of the molecule is CCCC[Si](C)(C)OCC(CSC(c1ccccc1)(c1ccccc1)c1ccccc1)OC. The highest BCUT2D eigenvalue weighted by molar-refractivity contribution is 8.00. The van der Waals surface area contributed by atoms with Crippen LogP contribution in [0.25, 0.3) is 0 Å². The molecule has 0 saturated carbocycles. The predicted molar refractivity (Wildman–Crippen MR) is 146 cm³/mol. The number of ether oxygens (including phenoxy) is 1. The molecule has 3 aromatic carbocycles. The summed E-state index contributed by atoms with van der Waals surface area (Å²) in [5, 5.41) is 0. The van der Waals surface area contributed by atoms with E-state index in [1.807, 2.05) is 18.9 Å². The highest BCUT2D eigenvalue weighted by Crippen LogP contribution is 2.48. The van der Waals surface area contributed by atoms with Gasteiger partial charge in [-0.1, -0.05) is 111 Å². The van der Waals surface area contributed by atoms with Gasteiger partial charge in [-0.25, -0.2) is 0 Å². The van der Waals surface area contributed by atoms with Crippen LogP contribution < -0.4 is 0 Å². The minimum absolute atomic E-state index is 0.0407. The van der Waals surface area contributed by atoms with Crippen LogP contribution in [0.4, 0.5) is 0 Å². The molecule has 0 saturated heterocycles. The van der Waals surface area contributed by atoms with Crippen molar-refractivity contribution < 1.29 is 9.16 Å². The van der Waals surface area contributed by atoms with Crippen LogP contribution in [-0.2, 0) is 13.9 Å². The van der Waals surface area contributed by atoms with Gasteiger partial charge in [-0.05, 0) is 35.8 Å². The molecule has 0 bridgehead atoms. The van der Waals surface area contributed by atoms with Crippen molar-refractivity contribution in [3.05, 3.63) is 108 Å². The molecule has 3 rings (SSSR count). The van der Waals surface area contributed by atoms with Crippen molar-refractivity contribution in [1.29, 1.82) is 0 Å². The Morgan fingerprint density at radius 3 is 1.64 bits per heavy atom. The molecule has 2 nitrogen and oxygen atoms in total. The maximum absolute atomic E-state index is 6.47. The van der Waals surface area contributed by atoms with Gasteiger partial charge in [0.2, 0.25) is 0 Å². The molecule has 0 aliphatic carbocycles. The molecule has 176 valence electrons. The molecule has 0 amide bonds. The minimum atomic E-state index is -1.66. The molecule has 3 aromatic rings. The molecule has 0 heterocycles. The smallest absolute Gasteiger partial charge is 0.186 e. The van der Waals surface area contributed by atoms with Crippen molar-refractivity contribution >= 4 is 20.1 Å². The number of unbranched alkanes of at least 4 members (excludes halogenated alkanes) is 1. The van der Waals surface area contributed by atoms with Crippen LogP contribution in [0.2, 0.25) is 19.1 Å². The van der Waals surface area contributed by atoms with Crippen LogP contribution in [0, 0.1) is 0 Å². The summed E-state index contributed by atoms with van der Waals surface area (Å²) in [5.74, 6) is 0.841. The van der Waals surface area contributed by atoms with E-state index in [0.29, 0.717) is 6.61 Å². The van der Waals surface area contributed by atoms with Gasteiger partial charge in [0, 0.05) is 12.9 Å². The van der Waals surface area contributed by atoms with Crippen LogP contribution in [0.5, 0.6) is 0 Å². The lowest BCUT2D eigenvalue weighted by Gasteiger charge is -2.36. The number of thioether (sulfide) groups is 1. The lowest BCUT2D eigenvalue weighted by molar-refractivity contribution is 0.0715. The largest absolute Gasteiger partial charge is 0.415 e. The quantitative estimate of drug-likeness (QED) is 0.185. The summed E-state index contributed by atoms with van der Waals surface area (Å²) in [5.41, 5.74) is 3.84. The van der Waals surface area contributed by atoms with Gasteiger partial charge in [0.05, 0.1) is 17.5 Å². The molecule has 0 N–H and O–H groups in total. The van der Waals surface area contributed by atoms with Crippen molar-refractivity contribution in [2.24, 2.45) is 0 Å². The highest BCUT2D eigenvalue weighted by atomic mass is 32.2. The Hall–Kier alpha value is -1.85. The van der Waals surface area contributed by atoms with Gasteiger partial charge in [0.1, 0.15) is 0 Å². The summed E-state index contributed by atoms with van der Waals surface area (Å²) < 4.78 is 12.1. The second-order valence-electron chi connectivity index (χ2n) is 9.12. The molecule has 0 aromatic heterocycles. The summed E-state index contributed by atoms with van der Waals surface area (Å²) >= 11 is 1.94. The van der Waals surface area contributed by atoms with Gasteiger partial charge in [-0.15, -0.1) is 11.8 Å². The maximum atomic E-state index is 6.47. The zero-order valence-corrected chi connectivity index (χ0v) is 22.3. The van der Waals surface area contributed by atoms with Crippen LogP contribution in [0.1, 0.15) is 36.5 Å². The lowest BCUT2D eigenvalue weighted by atomic mass is 9.84. The zero-order valence-electron chi connectivity index (χ0n) is 20.5. The first kappa shape index (κ1) is 25.8. The lowest BCUT2D eigenvalue weighted by Crippen LogP contribution is -2.36. The Bertz CT molecular complexity index is 835. The van der Waals surface area contributed by atoms with Gasteiger partial charge < -0.3 is 9.16 Å². The third-order valence-electron chi connectivity index (χ3n) is 6.15. The molecule has 1 unspecified atom stereocenters. The summed E-state index contributed by atoms with van der Waals surface area (Å²) in [6, 6.07) is 33.7. The first-order chi connectivity index (χ1) is 16.0. The van der Waals surface area contributed by atoms with Gasteiger partial charge in [-0.3, -0.25) is 0 Å². The molecule has 1 atom stereocenters. The predicted octanol–water partition coefficient (Wildman–Crippen LogP) is 7.75. The first-order valence-electron chi connectivity index (χ1n) is 12.0. The summed E-state index contributed by atoms with van der Waals surface area (Å²) in [4.78, 5) is 0. The summed E-state index contributed by atoms with van der Waals surface area (Å²) in [7, 11) is 0.151. The second kappa shape index (κ2) is 12.6. The van der Waals surface area contributed by atoms with Crippen molar-refractivity contribution in [3.63, 3.8) is 0 Å².